The zero-order valence-corrected chi connectivity index (χ0v) is 9.46. The van der Waals surface area contributed by atoms with Crippen molar-refractivity contribution in [3.63, 3.8) is 0 Å². The first-order chi connectivity index (χ1) is 7.99. The van der Waals surface area contributed by atoms with Crippen LogP contribution in [0.4, 0.5) is 8.78 Å². The van der Waals surface area contributed by atoms with Gasteiger partial charge in [-0.15, -0.1) is 0 Å². The number of carbonyl (C=O) groups is 1. The van der Waals surface area contributed by atoms with Crippen molar-refractivity contribution in [2.24, 2.45) is 0 Å². The third-order valence-electron chi connectivity index (χ3n) is 2.28. The van der Waals surface area contributed by atoms with Crippen LogP contribution in [0.15, 0.2) is 12.1 Å². The molecule has 0 heterocycles. The standard InChI is InChI=1S/C12H11F2NO2/c1-3-8-4-9(7(2)16)10(6-15)11(5-8)17-12(13)14/h4-5,12H,3H2,1-2H3. The molecule has 3 nitrogen and oxygen atoms in total. The monoisotopic (exact) mass is 239 g/mol. The van der Waals surface area contributed by atoms with Crippen LogP contribution < -0.4 is 4.74 Å². The van der Waals surface area contributed by atoms with Crippen LogP contribution in [0.3, 0.4) is 0 Å². The van der Waals surface area contributed by atoms with Crippen LogP contribution in [0.1, 0.15) is 35.3 Å². The lowest BCUT2D eigenvalue weighted by Crippen LogP contribution is -2.07. The van der Waals surface area contributed by atoms with Crippen LogP contribution in [0.2, 0.25) is 0 Å². The summed E-state index contributed by atoms with van der Waals surface area (Å²) >= 11 is 0. The maximum Gasteiger partial charge on any atom is 0.387 e. The van der Waals surface area contributed by atoms with Gasteiger partial charge in [-0.25, -0.2) is 0 Å². The molecule has 0 radical (unpaired) electrons. The molecule has 1 aromatic rings. The first-order valence-electron chi connectivity index (χ1n) is 5.02. The minimum atomic E-state index is -3.02. The molecule has 0 aliphatic heterocycles. The maximum absolute atomic E-state index is 12.2. The van der Waals surface area contributed by atoms with E-state index in [4.69, 9.17) is 5.26 Å². The number of benzene rings is 1. The van der Waals surface area contributed by atoms with Gasteiger partial charge in [0.05, 0.1) is 0 Å². The average molecular weight is 239 g/mol. The highest BCUT2D eigenvalue weighted by molar-refractivity contribution is 5.97. The van der Waals surface area contributed by atoms with E-state index in [1.165, 1.54) is 19.1 Å². The van der Waals surface area contributed by atoms with E-state index in [-0.39, 0.29) is 22.7 Å². The molecule has 0 spiro atoms. The van der Waals surface area contributed by atoms with E-state index >= 15 is 0 Å². The van der Waals surface area contributed by atoms with Gasteiger partial charge in [0.2, 0.25) is 0 Å². The predicted octanol–water partition coefficient (Wildman–Crippen LogP) is 2.92. The molecule has 0 saturated carbocycles. The molecule has 1 aromatic carbocycles. The Morgan fingerprint density at radius 2 is 2.18 bits per heavy atom. The number of aryl methyl sites for hydroxylation is 1. The summed E-state index contributed by atoms with van der Waals surface area (Å²) in [5.74, 6) is -0.594. The molecule has 0 aliphatic carbocycles. The topological polar surface area (TPSA) is 50.1 Å². The number of alkyl halides is 2. The van der Waals surface area contributed by atoms with Crippen LogP contribution >= 0.6 is 0 Å². The normalized spacial score (nSPS) is 10.1. The van der Waals surface area contributed by atoms with Crippen LogP contribution in [0, 0.1) is 11.3 Å². The number of hydrogen-bond acceptors (Lipinski definition) is 3. The molecule has 0 unspecified atom stereocenters. The molecule has 0 aromatic heterocycles. The fourth-order valence-electron chi connectivity index (χ4n) is 1.46. The SMILES string of the molecule is CCc1cc(OC(F)F)c(C#N)c(C(C)=O)c1. The fourth-order valence-corrected chi connectivity index (χ4v) is 1.46. The molecule has 0 bridgehead atoms. The number of Topliss-reactive ketones (excluding diaryl/α,β-unsaturated/α-hetero) is 1. The second kappa shape index (κ2) is 5.39. The highest BCUT2D eigenvalue weighted by Gasteiger charge is 2.17. The summed E-state index contributed by atoms with van der Waals surface area (Å²) in [7, 11) is 0. The number of hydrogen-bond donors (Lipinski definition) is 0. The van der Waals surface area contributed by atoms with Crippen molar-refractivity contribution in [2.45, 2.75) is 26.9 Å². The molecule has 0 saturated heterocycles. The summed E-state index contributed by atoms with van der Waals surface area (Å²) in [5, 5.41) is 8.90. The van der Waals surface area contributed by atoms with Gasteiger partial charge in [-0.3, -0.25) is 4.79 Å². The van der Waals surface area contributed by atoms with Gasteiger partial charge in [-0.05, 0) is 31.0 Å². The van der Waals surface area contributed by atoms with Crippen molar-refractivity contribution in [3.8, 4) is 11.8 Å². The van der Waals surface area contributed by atoms with Gasteiger partial charge in [0.1, 0.15) is 17.4 Å². The molecule has 90 valence electrons. The number of nitrogens with zero attached hydrogens (tertiary/aromatic N) is 1. The number of rotatable bonds is 4. The van der Waals surface area contributed by atoms with Crippen molar-refractivity contribution in [1.82, 2.24) is 0 Å². The second-order valence-electron chi connectivity index (χ2n) is 3.42. The number of ketones is 1. The Labute approximate surface area is 97.6 Å². The minimum absolute atomic E-state index is 0.113. The van der Waals surface area contributed by atoms with Crippen LogP contribution in [-0.2, 0) is 6.42 Å². The first-order valence-corrected chi connectivity index (χ1v) is 5.02. The van der Waals surface area contributed by atoms with Gasteiger partial charge in [-0.2, -0.15) is 14.0 Å². The minimum Gasteiger partial charge on any atom is -0.433 e. The van der Waals surface area contributed by atoms with Crippen LogP contribution in [0.25, 0.3) is 0 Å². The van der Waals surface area contributed by atoms with Gasteiger partial charge >= 0.3 is 6.61 Å². The van der Waals surface area contributed by atoms with Gasteiger partial charge in [0.15, 0.2) is 5.78 Å². The van der Waals surface area contributed by atoms with E-state index in [9.17, 15) is 13.6 Å². The highest BCUT2D eigenvalue weighted by atomic mass is 19.3. The number of carbonyl (C=O) groups excluding carboxylic acids is 1. The number of halogens is 2. The Morgan fingerprint density at radius 1 is 1.53 bits per heavy atom. The molecule has 0 amide bonds. The van der Waals surface area contributed by atoms with Gasteiger partial charge in [0.25, 0.3) is 0 Å². The van der Waals surface area contributed by atoms with Crippen LogP contribution in [-0.4, -0.2) is 12.4 Å². The Kier molecular flexibility index (Phi) is 4.16. The predicted molar refractivity (Wildman–Crippen MR) is 57.2 cm³/mol. The Balaban J connectivity index is 3.40. The fraction of sp³-hybridized carbons (Fsp3) is 0.333. The van der Waals surface area contributed by atoms with Crippen molar-refractivity contribution >= 4 is 5.78 Å². The van der Waals surface area contributed by atoms with Gasteiger partial charge in [-0.1, -0.05) is 6.92 Å². The summed E-state index contributed by atoms with van der Waals surface area (Å²) in [4.78, 5) is 11.3. The summed E-state index contributed by atoms with van der Waals surface area (Å²) in [6.45, 7) is 0.0770. The summed E-state index contributed by atoms with van der Waals surface area (Å²) in [5.41, 5.74) is 0.641. The second-order valence-corrected chi connectivity index (χ2v) is 3.42. The highest BCUT2D eigenvalue weighted by Crippen LogP contribution is 2.26. The average Bonchev–Trinajstić information content (AvgIpc) is 2.26. The van der Waals surface area contributed by atoms with E-state index < -0.39 is 6.61 Å². The Bertz CT molecular complexity index is 478. The summed E-state index contributed by atoms with van der Waals surface area (Å²) in [6.07, 6.45) is 0.561. The van der Waals surface area contributed by atoms with Gasteiger partial charge < -0.3 is 4.74 Å². The molecule has 17 heavy (non-hydrogen) atoms. The Hall–Kier alpha value is -1.96. The molecule has 1 rings (SSSR count). The number of nitriles is 1. The van der Waals surface area contributed by atoms with E-state index in [1.54, 1.807) is 6.07 Å². The molecule has 5 heteroatoms. The third-order valence-corrected chi connectivity index (χ3v) is 2.28. The lowest BCUT2D eigenvalue weighted by Gasteiger charge is -2.11. The van der Waals surface area contributed by atoms with Gasteiger partial charge in [0, 0.05) is 5.56 Å². The quantitative estimate of drug-likeness (QED) is 0.759. The van der Waals surface area contributed by atoms with E-state index in [2.05, 4.69) is 4.74 Å². The van der Waals surface area contributed by atoms with Crippen LogP contribution in [0.5, 0.6) is 5.75 Å². The van der Waals surface area contributed by atoms with Crippen molar-refractivity contribution in [3.05, 3.63) is 28.8 Å². The first kappa shape index (κ1) is 13.1. The zero-order valence-electron chi connectivity index (χ0n) is 9.46. The maximum atomic E-state index is 12.2. The van der Waals surface area contributed by atoms with Crippen molar-refractivity contribution in [1.29, 1.82) is 5.26 Å². The summed E-state index contributed by atoms with van der Waals surface area (Å²) < 4.78 is 28.6. The lowest BCUT2D eigenvalue weighted by atomic mass is 9.99. The van der Waals surface area contributed by atoms with Crippen molar-refractivity contribution < 1.29 is 18.3 Å². The third kappa shape index (κ3) is 3.00. The van der Waals surface area contributed by atoms with E-state index in [1.807, 2.05) is 6.92 Å². The van der Waals surface area contributed by atoms with Crippen molar-refractivity contribution in [2.75, 3.05) is 0 Å². The smallest absolute Gasteiger partial charge is 0.387 e. The molecule has 0 aliphatic rings. The molecule has 0 N–H and O–H groups in total. The molecule has 0 fully saturated rings. The molecule has 0 atom stereocenters. The lowest BCUT2D eigenvalue weighted by molar-refractivity contribution is -0.0501. The Morgan fingerprint density at radius 3 is 2.59 bits per heavy atom. The number of ether oxygens (including phenoxy) is 1. The van der Waals surface area contributed by atoms with E-state index in [0.717, 1.165) is 0 Å². The zero-order chi connectivity index (χ0) is 13.0. The summed E-state index contributed by atoms with van der Waals surface area (Å²) in [6, 6.07) is 4.61. The largest absolute Gasteiger partial charge is 0.433 e. The van der Waals surface area contributed by atoms with E-state index in [0.29, 0.717) is 12.0 Å². The molecular weight excluding hydrogens is 228 g/mol. The molecular formula is C12H11F2NO2.